The lowest BCUT2D eigenvalue weighted by molar-refractivity contribution is -0.145. The van der Waals surface area contributed by atoms with Gasteiger partial charge in [-0.25, -0.2) is 9.97 Å². The largest absolute Gasteiger partial charge is 0.451 e. The van der Waals surface area contributed by atoms with Crippen LogP contribution >= 0.6 is 0 Å². The summed E-state index contributed by atoms with van der Waals surface area (Å²) < 4.78 is 37.3. The van der Waals surface area contributed by atoms with Gasteiger partial charge in [0.1, 0.15) is 0 Å². The Hall–Kier alpha value is -1.17. The van der Waals surface area contributed by atoms with E-state index in [1.165, 1.54) is 0 Å². The lowest BCUT2D eigenvalue weighted by Gasteiger charge is -2.30. The SMILES string of the molecule is Cc1cc(CN2CCC2)nc(C(F)(F)F)n1. The third-order valence-electron chi connectivity index (χ3n) is 2.50. The minimum absolute atomic E-state index is 0.359. The molecule has 0 atom stereocenters. The zero-order valence-electron chi connectivity index (χ0n) is 8.88. The van der Waals surface area contributed by atoms with Crippen LogP contribution in [0.5, 0.6) is 0 Å². The summed E-state index contributed by atoms with van der Waals surface area (Å²) in [6.45, 7) is 3.90. The molecule has 0 aliphatic carbocycles. The van der Waals surface area contributed by atoms with E-state index < -0.39 is 12.0 Å². The van der Waals surface area contributed by atoms with Crippen LogP contribution in [0.3, 0.4) is 0 Å². The molecule has 16 heavy (non-hydrogen) atoms. The molecule has 0 bridgehead atoms. The first-order valence-electron chi connectivity index (χ1n) is 5.09. The molecule has 0 amide bonds. The maximum atomic E-state index is 12.4. The van der Waals surface area contributed by atoms with Gasteiger partial charge in [0.25, 0.3) is 0 Å². The van der Waals surface area contributed by atoms with Crippen LogP contribution < -0.4 is 0 Å². The molecule has 0 saturated carbocycles. The lowest BCUT2D eigenvalue weighted by atomic mass is 10.2. The maximum absolute atomic E-state index is 12.4. The van der Waals surface area contributed by atoms with Crippen molar-refractivity contribution in [2.24, 2.45) is 0 Å². The molecular formula is C10H12F3N3. The number of hydrogen-bond acceptors (Lipinski definition) is 3. The summed E-state index contributed by atoms with van der Waals surface area (Å²) in [7, 11) is 0. The van der Waals surface area contributed by atoms with Crippen molar-refractivity contribution in [2.75, 3.05) is 13.1 Å². The molecule has 1 fully saturated rings. The van der Waals surface area contributed by atoms with Crippen molar-refractivity contribution in [3.05, 3.63) is 23.3 Å². The van der Waals surface area contributed by atoms with Crippen molar-refractivity contribution in [1.82, 2.24) is 14.9 Å². The standard InChI is InChI=1S/C10H12F3N3/c1-7-5-8(6-16-3-2-4-16)15-9(14-7)10(11,12)13/h5H,2-4,6H2,1H3. The number of hydrogen-bond donors (Lipinski definition) is 0. The van der Waals surface area contributed by atoms with Gasteiger partial charge in [0.2, 0.25) is 5.82 Å². The fourth-order valence-electron chi connectivity index (χ4n) is 1.61. The maximum Gasteiger partial charge on any atom is 0.451 e. The zero-order chi connectivity index (χ0) is 11.8. The summed E-state index contributed by atoms with van der Waals surface area (Å²) in [4.78, 5) is 9.01. The lowest BCUT2D eigenvalue weighted by Crippen LogP contribution is -2.36. The molecule has 0 unspecified atom stereocenters. The molecule has 6 heteroatoms. The fourth-order valence-corrected chi connectivity index (χ4v) is 1.61. The molecule has 1 aliphatic heterocycles. The number of nitrogens with zero attached hydrogens (tertiary/aromatic N) is 3. The van der Waals surface area contributed by atoms with Gasteiger partial charge in [0.05, 0.1) is 5.69 Å². The van der Waals surface area contributed by atoms with Crippen LogP contribution in [-0.2, 0) is 12.7 Å². The number of rotatable bonds is 2. The van der Waals surface area contributed by atoms with Gasteiger partial charge in [-0.3, -0.25) is 4.90 Å². The summed E-state index contributed by atoms with van der Waals surface area (Å²) >= 11 is 0. The Balaban J connectivity index is 2.21. The first kappa shape index (κ1) is 11.3. The highest BCUT2D eigenvalue weighted by atomic mass is 19.4. The summed E-state index contributed by atoms with van der Waals surface area (Å²) in [5, 5.41) is 0. The second-order valence-electron chi connectivity index (χ2n) is 3.95. The van der Waals surface area contributed by atoms with Gasteiger partial charge in [0.15, 0.2) is 0 Å². The Labute approximate surface area is 91.3 Å². The van der Waals surface area contributed by atoms with Crippen molar-refractivity contribution in [3.8, 4) is 0 Å². The minimum Gasteiger partial charge on any atom is -0.297 e. The predicted octanol–water partition coefficient (Wildman–Crippen LogP) is 2.01. The van der Waals surface area contributed by atoms with E-state index >= 15 is 0 Å². The number of aryl methyl sites for hydroxylation is 1. The highest BCUT2D eigenvalue weighted by Crippen LogP contribution is 2.26. The Kier molecular flexibility index (Phi) is 2.84. The number of aromatic nitrogens is 2. The van der Waals surface area contributed by atoms with Crippen molar-refractivity contribution >= 4 is 0 Å². The van der Waals surface area contributed by atoms with E-state index in [1.807, 2.05) is 0 Å². The van der Waals surface area contributed by atoms with E-state index in [2.05, 4.69) is 14.9 Å². The Morgan fingerprint density at radius 1 is 1.31 bits per heavy atom. The van der Waals surface area contributed by atoms with Gasteiger partial charge < -0.3 is 0 Å². The molecule has 0 aromatic carbocycles. The Morgan fingerprint density at radius 3 is 2.50 bits per heavy atom. The molecule has 1 saturated heterocycles. The smallest absolute Gasteiger partial charge is 0.297 e. The molecular weight excluding hydrogens is 219 g/mol. The quantitative estimate of drug-likeness (QED) is 0.779. The normalized spacial score (nSPS) is 17.2. The monoisotopic (exact) mass is 231 g/mol. The van der Waals surface area contributed by atoms with Crippen molar-refractivity contribution < 1.29 is 13.2 Å². The summed E-state index contributed by atoms with van der Waals surface area (Å²) in [5.41, 5.74) is 0.803. The second-order valence-corrected chi connectivity index (χ2v) is 3.95. The third-order valence-corrected chi connectivity index (χ3v) is 2.50. The van der Waals surface area contributed by atoms with Crippen LogP contribution in [0, 0.1) is 6.92 Å². The second kappa shape index (κ2) is 4.01. The van der Waals surface area contributed by atoms with E-state index in [4.69, 9.17) is 0 Å². The molecule has 0 radical (unpaired) electrons. The van der Waals surface area contributed by atoms with Gasteiger partial charge in [0, 0.05) is 12.2 Å². The van der Waals surface area contributed by atoms with E-state index in [0.29, 0.717) is 17.9 Å². The summed E-state index contributed by atoms with van der Waals surface area (Å²) in [5.74, 6) is -1.04. The molecule has 1 aliphatic rings. The molecule has 2 rings (SSSR count). The van der Waals surface area contributed by atoms with Crippen molar-refractivity contribution in [1.29, 1.82) is 0 Å². The predicted molar refractivity (Wildman–Crippen MR) is 51.7 cm³/mol. The van der Waals surface area contributed by atoms with Gasteiger partial charge in [-0.2, -0.15) is 13.2 Å². The van der Waals surface area contributed by atoms with E-state index in [0.717, 1.165) is 19.5 Å². The zero-order valence-corrected chi connectivity index (χ0v) is 8.88. The third kappa shape index (κ3) is 2.49. The summed E-state index contributed by atoms with van der Waals surface area (Å²) in [6, 6.07) is 1.60. The molecule has 3 nitrogen and oxygen atoms in total. The van der Waals surface area contributed by atoms with Crippen molar-refractivity contribution in [2.45, 2.75) is 26.1 Å². The first-order chi connectivity index (χ1) is 7.45. The van der Waals surface area contributed by atoms with Crippen LogP contribution in [0.2, 0.25) is 0 Å². The number of alkyl halides is 3. The highest BCUT2D eigenvalue weighted by Gasteiger charge is 2.35. The van der Waals surface area contributed by atoms with E-state index in [9.17, 15) is 13.2 Å². The van der Waals surface area contributed by atoms with Crippen LogP contribution in [0.4, 0.5) is 13.2 Å². The minimum atomic E-state index is -4.46. The summed E-state index contributed by atoms with van der Waals surface area (Å²) in [6.07, 6.45) is -3.36. The topological polar surface area (TPSA) is 29.0 Å². The van der Waals surface area contributed by atoms with Crippen LogP contribution in [-0.4, -0.2) is 28.0 Å². The Bertz CT molecular complexity index is 385. The average Bonchev–Trinajstić information content (AvgIpc) is 2.09. The fraction of sp³-hybridized carbons (Fsp3) is 0.600. The molecule has 0 spiro atoms. The number of halogens is 3. The van der Waals surface area contributed by atoms with Crippen LogP contribution in [0.25, 0.3) is 0 Å². The van der Waals surface area contributed by atoms with Gasteiger partial charge in [-0.15, -0.1) is 0 Å². The van der Waals surface area contributed by atoms with Gasteiger partial charge in [-0.05, 0) is 32.5 Å². The van der Waals surface area contributed by atoms with Crippen molar-refractivity contribution in [3.63, 3.8) is 0 Å². The molecule has 1 aromatic rings. The van der Waals surface area contributed by atoms with Gasteiger partial charge in [-0.1, -0.05) is 0 Å². The molecule has 88 valence electrons. The van der Waals surface area contributed by atoms with Gasteiger partial charge >= 0.3 is 6.18 Å². The van der Waals surface area contributed by atoms with Crippen LogP contribution in [0.15, 0.2) is 6.07 Å². The Morgan fingerprint density at radius 2 is 2.00 bits per heavy atom. The molecule has 1 aromatic heterocycles. The first-order valence-corrected chi connectivity index (χ1v) is 5.09. The van der Waals surface area contributed by atoms with E-state index in [-0.39, 0.29) is 0 Å². The van der Waals surface area contributed by atoms with E-state index in [1.54, 1.807) is 13.0 Å². The number of likely N-dealkylation sites (tertiary alicyclic amines) is 1. The highest BCUT2D eigenvalue weighted by molar-refractivity contribution is 5.11. The van der Waals surface area contributed by atoms with Crippen LogP contribution in [0.1, 0.15) is 23.6 Å². The molecule has 0 N–H and O–H groups in total. The average molecular weight is 231 g/mol. The molecule has 2 heterocycles.